The van der Waals surface area contributed by atoms with Crippen molar-refractivity contribution < 1.29 is 4.79 Å². The maximum absolute atomic E-state index is 13.2. The van der Waals surface area contributed by atoms with Gasteiger partial charge >= 0.3 is 0 Å². The van der Waals surface area contributed by atoms with Crippen LogP contribution >= 0.6 is 0 Å². The molecule has 1 aliphatic heterocycles. The molecule has 1 amide bonds. The summed E-state index contributed by atoms with van der Waals surface area (Å²) in [6, 6.07) is 18.3. The average Bonchev–Trinajstić information content (AvgIpc) is 3.10. The Balaban J connectivity index is 1.60. The maximum atomic E-state index is 13.2. The second kappa shape index (κ2) is 10.6. The molecule has 3 aromatic rings. The number of para-hydroxylation sites is 2. The van der Waals surface area contributed by atoms with Crippen LogP contribution in [-0.2, 0) is 4.79 Å². The Labute approximate surface area is 191 Å². The minimum atomic E-state index is 0.154. The third kappa shape index (κ3) is 4.93. The summed E-state index contributed by atoms with van der Waals surface area (Å²) in [4.78, 5) is 27.6. The molecule has 1 saturated heterocycles. The predicted molar refractivity (Wildman–Crippen MR) is 132 cm³/mol. The van der Waals surface area contributed by atoms with E-state index in [1.807, 2.05) is 42.5 Å². The quantitative estimate of drug-likeness (QED) is 0.493. The molecule has 5 heteroatoms. The first-order valence-electron chi connectivity index (χ1n) is 12.1. The Kier molecular flexibility index (Phi) is 7.35. The first-order valence-corrected chi connectivity index (χ1v) is 12.1. The molecule has 0 radical (unpaired) electrons. The van der Waals surface area contributed by atoms with Gasteiger partial charge in [0.25, 0.3) is 0 Å². The van der Waals surface area contributed by atoms with Crippen molar-refractivity contribution in [2.45, 2.75) is 46.0 Å². The van der Waals surface area contributed by atoms with Crippen LogP contribution < -0.4 is 4.90 Å². The standard InChI is InChI=1S/C27H34N4O/c1-3-5-12-21(4-2)27(32)31-18-11-17-30(19-20-31)26-25(22-13-7-6-8-14-22)28-23-15-9-10-16-24(23)29-26/h6-10,13-16,21H,3-5,11-12,17-20H2,1-2H3/t21-/m1/s1. The molecular formula is C27H34N4O. The largest absolute Gasteiger partial charge is 0.353 e. The number of aromatic nitrogens is 2. The fraction of sp³-hybridized carbons (Fsp3) is 0.444. The van der Waals surface area contributed by atoms with Gasteiger partial charge in [-0.25, -0.2) is 9.97 Å². The Bertz CT molecular complexity index is 1040. The molecule has 1 aromatic heterocycles. The summed E-state index contributed by atoms with van der Waals surface area (Å²) in [5.41, 5.74) is 3.80. The Morgan fingerprint density at radius 1 is 0.906 bits per heavy atom. The van der Waals surface area contributed by atoms with Crippen molar-refractivity contribution in [3.8, 4) is 11.3 Å². The highest BCUT2D eigenvalue weighted by Crippen LogP contribution is 2.30. The van der Waals surface area contributed by atoms with Gasteiger partial charge in [0.05, 0.1) is 11.0 Å². The summed E-state index contributed by atoms with van der Waals surface area (Å²) in [7, 11) is 0. The second-order valence-electron chi connectivity index (χ2n) is 8.66. The van der Waals surface area contributed by atoms with E-state index in [1.165, 1.54) is 0 Å². The number of hydrogen-bond acceptors (Lipinski definition) is 4. The van der Waals surface area contributed by atoms with Crippen molar-refractivity contribution in [2.24, 2.45) is 5.92 Å². The average molecular weight is 431 g/mol. The lowest BCUT2D eigenvalue weighted by Gasteiger charge is -2.27. The van der Waals surface area contributed by atoms with E-state index in [-0.39, 0.29) is 5.92 Å². The van der Waals surface area contributed by atoms with Gasteiger partial charge < -0.3 is 9.80 Å². The molecule has 4 rings (SSSR count). The van der Waals surface area contributed by atoms with Crippen molar-refractivity contribution in [3.63, 3.8) is 0 Å². The van der Waals surface area contributed by atoms with E-state index in [4.69, 9.17) is 9.97 Å². The number of benzene rings is 2. The zero-order valence-electron chi connectivity index (χ0n) is 19.3. The van der Waals surface area contributed by atoms with Crippen LogP contribution in [0.15, 0.2) is 54.6 Å². The number of carbonyl (C=O) groups excluding carboxylic acids is 1. The Morgan fingerprint density at radius 3 is 2.34 bits per heavy atom. The van der Waals surface area contributed by atoms with Crippen LogP contribution in [0, 0.1) is 5.92 Å². The minimum Gasteiger partial charge on any atom is -0.353 e. The number of amides is 1. The van der Waals surface area contributed by atoms with Gasteiger partial charge in [0.2, 0.25) is 5.91 Å². The molecule has 0 unspecified atom stereocenters. The van der Waals surface area contributed by atoms with Crippen LogP contribution in [0.2, 0.25) is 0 Å². The highest BCUT2D eigenvalue weighted by atomic mass is 16.2. The molecule has 32 heavy (non-hydrogen) atoms. The summed E-state index contributed by atoms with van der Waals surface area (Å²) < 4.78 is 0. The van der Waals surface area contributed by atoms with Gasteiger partial charge in [-0.3, -0.25) is 4.79 Å². The smallest absolute Gasteiger partial charge is 0.225 e. The number of carbonyl (C=O) groups is 1. The zero-order valence-corrected chi connectivity index (χ0v) is 19.3. The third-order valence-electron chi connectivity index (χ3n) is 6.45. The van der Waals surface area contributed by atoms with E-state index in [0.717, 1.165) is 86.4 Å². The molecule has 2 aromatic carbocycles. The number of unbranched alkanes of at least 4 members (excludes halogenated alkanes) is 1. The summed E-state index contributed by atoms with van der Waals surface area (Å²) in [6.45, 7) is 7.55. The number of hydrogen-bond donors (Lipinski definition) is 0. The van der Waals surface area contributed by atoms with Crippen LogP contribution in [-0.4, -0.2) is 47.0 Å². The fourth-order valence-electron chi connectivity index (χ4n) is 4.56. The van der Waals surface area contributed by atoms with Crippen LogP contribution in [0.5, 0.6) is 0 Å². The molecule has 0 spiro atoms. The monoisotopic (exact) mass is 430 g/mol. The molecular weight excluding hydrogens is 396 g/mol. The molecule has 0 bridgehead atoms. The number of rotatable bonds is 7. The lowest BCUT2D eigenvalue weighted by atomic mass is 9.97. The summed E-state index contributed by atoms with van der Waals surface area (Å²) >= 11 is 0. The summed E-state index contributed by atoms with van der Waals surface area (Å²) in [6.07, 6.45) is 5.13. The van der Waals surface area contributed by atoms with E-state index in [0.29, 0.717) is 5.91 Å². The molecule has 0 aliphatic carbocycles. The van der Waals surface area contributed by atoms with Crippen LogP contribution in [0.3, 0.4) is 0 Å². The van der Waals surface area contributed by atoms with Crippen molar-refractivity contribution in [3.05, 3.63) is 54.6 Å². The van der Waals surface area contributed by atoms with Crippen molar-refractivity contribution >= 4 is 22.8 Å². The summed E-state index contributed by atoms with van der Waals surface area (Å²) in [5, 5.41) is 0. The fourth-order valence-corrected chi connectivity index (χ4v) is 4.56. The van der Waals surface area contributed by atoms with Gasteiger partial charge in [0, 0.05) is 37.7 Å². The SMILES string of the molecule is CCCC[C@@H](CC)C(=O)N1CCCN(c2nc3ccccc3nc2-c2ccccc2)CC1. The lowest BCUT2D eigenvalue weighted by Crippen LogP contribution is -2.39. The first-order chi connectivity index (χ1) is 15.7. The zero-order chi connectivity index (χ0) is 22.3. The van der Waals surface area contributed by atoms with Gasteiger partial charge in [0.1, 0.15) is 5.69 Å². The van der Waals surface area contributed by atoms with Gasteiger partial charge in [-0.1, -0.05) is 69.2 Å². The number of fused-ring (bicyclic) bond motifs is 1. The Morgan fingerprint density at radius 2 is 1.62 bits per heavy atom. The molecule has 2 heterocycles. The molecule has 1 fully saturated rings. The molecule has 5 nitrogen and oxygen atoms in total. The van der Waals surface area contributed by atoms with Crippen LogP contribution in [0.4, 0.5) is 5.82 Å². The van der Waals surface area contributed by atoms with E-state index >= 15 is 0 Å². The van der Waals surface area contributed by atoms with Gasteiger partial charge in [0.15, 0.2) is 5.82 Å². The molecule has 1 atom stereocenters. The van der Waals surface area contributed by atoms with Crippen LogP contribution in [0.25, 0.3) is 22.3 Å². The van der Waals surface area contributed by atoms with E-state index in [9.17, 15) is 4.79 Å². The number of nitrogens with zero attached hydrogens (tertiary/aromatic N) is 4. The summed E-state index contributed by atoms with van der Waals surface area (Å²) in [5.74, 6) is 1.40. The van der Waals surface area contributed by atoms with Crippen molar-refractivity contribution in [2.75, 3.05) is 31.1 Å². The molecule has 0 saturated carbocycles. The van der Waals surface area contributed by atoms with Gasteiger partial charge in [-0.15, -0.1) is 0 Å². The van der Waals surface area contributed by atoms with Gasteiger partial charge in [-0.2, -0.15) is 0 Å². The van der Waals surface area contributed by atoms with Crippen LogP contribution in [0.1, 0.15) is 46.0 Å². The molecule has 168 valence electrons. The predicted octanol–water partition coefficient (Wildman–Crippen LogP) is 5.55. The minimum absolute atomic E-state index is 0.154. The number of anilines is 1. The molecule has 1 aliphatic rings. The third-order valence-corrected chi connectivity index (χ3v) is 6.45. The molecule has 0 N–H and O–H groups in total. The highest BCUT2D eigenvalue weighted by Gasteiger charge is 2.26. The van der Waals surface area contributed by atoms with E-state index in [2.05, 4.69) is 35.8 Å². The van der Waals surface area contributed by atoms with Gasteiger partial charge in [-0.05, 0) is 31.4 Å². The Hall–Kier alpha value is -2.95. The normalized spacial score (nSPS) is 15.6. The van der Waals surface area contributed by atoms with Crippen molar-refractivity contribution in [1.82, 2.24) is 14.9 Å². The lowest BCUT2D eigenvalue weighted by molar-refractivity contribution is -0.135. The van der Waals surface area contributed by atoms with Crippen molar-refractivity contribution in [1.29, 1.82) is 0 Å². The topological polar surface area (TPSA) is 49.3 Å². The highest BCUT2D eigenvalue weighted by molar-refractivity contribution is 5.83. The van der Waals surface area contributed by atoms with E-state index in [1.54, 1.807) is 0 Å². The first kappa shape index (κ1) is 22.3. The maximum Gasteiger partial charge on any atom is 0.225 e. The van der Waals surface area contributed by atoms with E-state index < -0.39 is 0 Å². The second-order valence-corrected chi connectivity index (χ2v) is 8.66.